The van der Waals surface area contributed by atoms with Crippen LogP contribution in [0.15, 0.2) is 24.3 Å². The Morgan fingerprint density at radius 1 is 1.21 bits per heavy atom. The maximum absolute atomic E-state index is 12.5. The van der Waals surface area contributed by atoms with Gasteiger partial charge >= 0.3 is 6.18 Å². The fraction of sp³-hybridized carbons (Fsp3) is 0.308. The number of alkyl halides is 3. The van der Waals surface area contributed by atoms with E-state index in [4.69, 9.17) is 5.73 Å². The minimum atomic E-state index is -4.32. The lowest BCUT2D eigenvalue weighted by molar-refractivity contribution is -0.137. The summed E-state index contributed by atoms with van der Waals surface area (Å²) in [6.07, 6.45) is -3.70. The van der Waals surface area contributed by atoms with Crippen LogP contribution in [-0.4, -0.2) is 16.5 Å². The smallest absolute Gasteiger partial charge is 0.346 e. The molecule has 0 aliphatic carbocycles. The molecule has 0 amide bonds. The maximum atomic E-state index is 12.5. The lowest BCUT2D eigenvalue weighted by Crippen LogP contribution is -2.04. The Morgan fingerprint density at radius 2 is 1.84 bits per heavy atom. The normalized spacial score (nSPS) is 11.8. The average molecular weight is 269 g/mol. The molecule has 0 saturated heterocycles. The zero-order chi connectivity index (χ0) is 14.0. The van der Waals surface area contributed by atoms with Crippen LogP contribution in [-0.2, 0) is 12.6 Å². The number of hydrogen-bond donors (Lipinski definition) is 2. The van der Waals surface area contributed by atoms with E-state index in [0.29, 0.717) is 24.2 Å². The number of rotatable bonds is 3. The zero-order valence-electron chi connectivity index (χ0n) is 10.4. The fourth-order valence-corrected chi connectivity index (χ4v) is 1.88. The van der Waals surface area contributed by atoms with E-state index in [2.05, 4.69) is 9.97 Å². The molecule has 1 aromatic heterocycles. The molecule has 0 unspecified atom stereocenters. The molecule has 102 valence electrons. The number of benzene rings is 1. The summed E-state index contributed by atoms with van der Waals surface area (Å²) in [4.78, 5) is 7.42. The first kappa shape index (κ1) is 13.6. The van der Waals surface area contributed by atoms with E-state index < -0.39 is 11.7 Å². The van der Waals surface area contributed by atoms with Crippen molar-refractivity contribution in [1.82, 2.24) is 9.97 Å². The molecule has 0 radical (unpaired) electrons. The highest BCUT2D eigenvalue weighted by atomic mass is 19.4. The molecule has 0 atom stereocenters. The van der Waals surface area contributed by atoms with Gasteiger partial charge < -0.3 is 10.7 Å². The van der Waals surface area contributed by atoms with Crippen molar-refractivity contribution in [2.24, 2.45) is 5.73 Å². The first-order valence-electron chi connectivity index (χ1n) is 5.85. The fourth-order valence-electron chi connectivity index (χ4n) is 1.88. The largest absolute Gasteiger partial charge is 0.416 e. The van der Waals surface area contributed by atoms with Crippen molar-refractivity contribution < 1.29 is 13.2 Å². The van der Waals surface area contributed by atoms with Crippen LogP contribution >= 0.6 is 0 Å². The number of nitrogens with one attached hydrogen (secondary N) is 1. The van der Waals surface area contributed by atoms with Crippen molar-refractivity contribution in [3.63, 3.8) is 0 Å². The molecule has 0 aliphatic heterocycles. The second kappa shape index (κ2) is 5.05. The summed E-state index contributed by atoms with van der Waals surface area (Å²) in [6.45, 7) is 2.30. The third kappa shape index (κ3) is 2.96. The summed E-state index contributed by atoms with van der Waals surface area (Å²) < 4.78 is 37.4. The van der Waals surface area contributed by atoms with Crippen molar-refractivity contribution in [1.29, 1.82) is 0 Å². The van der Waals surface area contributed by atoms with Gasteiger partial charge in [0.2, 0.25) is 0 Å². The SMILES string of the molecule is Cc1[nH]c(CCN)nc1-c1ccc(C(F)(F)F)cc1. The van der Waals surface area contributed by atoms with Crippen LogP contribution < -0.4 is 5.73 Å². The molecule has 3 nitrogen and oxygen atoms in total. The highest BCUT2D eigenvalue weighted by Crippen LogP contribution is 2.31. The average Bonchev–Trinajstić information content (AvgIpc) is 2.70. The standard InChI is InChI=1S/C13H14F3N3/c1-8-12(19-11(18-8)6-7-17)9-2-4-10(5-3-9)13(14,15)16/h2-5H,6-7,17H2,1H3,(H,18,19). The molecule has 0 aliphatic rings. The molecule has 19 heavy (non-hydrogen) atoms. The maximum Gasteiger partial charge on any atom is 0.416 e. The highest BCUT2D eigenvalue weighted by molar-refractivity contribution is 5.62. The van der Waals surface area contributed by atoms with E-state index >= 15 is 0 Å². The van der Waals surface area contributed by atoms with Crippen LogP contribution in [0.2, 0.25) is 0 Å². The van der Waals surface area contributed by atoms with E-state index in [9.17, 15) is 13.2 Å². The number of aromatic nitrogens is 2. The van der Waals surface area contributed by atoms with Crippen LogP contribution in [0, 0.1) is 6.92 Å². The van der Waals surface area contributed by atoms with Crippen molar-refractivity contribution in [3.8, 4) is 11.3 Å². The molecule has 2 aromatic rings. The molecular weight excluding hydrogens is 255 g/mol. The van der Waals surface area contributed by atoms with E-state index in [0.717, 1.165) is 23.7 Å². The van der Waals surface area contributed by atoms with Gasteiger partial charge in [0, 0.05) is 17.7 Å². The van der Waals surface area contributed by atoms with Gasteiger partial charge in [0.05, 0.1) is 11.3 Å². The summed E-state index contributed by atoms with van der Waals surface area (Å²) >= 11 is 0. The minimum absolute atomic E-state index is 0.472. The van der Waals surface area contributed by atoms with Gasteiger partial charge in [-0.05, 0) is 25.6 Å². The number of aryl methyl sites for hydroxylation is 1. The summed E-state index contributed by atoms with van der Waals surface area (Å²) in [5.74, 6) is 0.745. The molecule has 6 heteroatoms. The Kier molecular flexibility index (Phi) is 3.61. The summed E-state index contributed by atoms with van der Waals surface area (Å²) in [7, 11) is 0. The van der Waals surface area contributed by atoms with Crippen LogP contribution in [0.1, 0.15) is 17.1 Å². The lowest BCUT2D eigenvalue weighted by atomic mass is 10.1. The molecule has 1 heterocycles. The van der Waals surface area contributed by atoms with E-state index in [1.165, 1.54) is 12.1 Å². The van der Waals surface area contributed by atoms with Gasteiger partial charge in [0.15, 0.2) is 0 Å². The highest BCUT2D eigenvalue weighted by Gasteiger charge is 2.30. The van der Waals surface area contributed by atoms with Gasteiger partial charge in [-0.15, -0.1) is 0 Å². The Balaban J connectivity index is 2.32. The molecule has 0 fully saturated rings. The molecular formula is C13H14F3N3. The van der Waals surface area contributed by atoms with E-state index in [1.807, 2.05) is 6.92 Å². The number of aromatic amines is 1. The molecule has 0 spiro atoms. The number of nitrogens with two attached hydrogens (primary N) is 1. The molecule has 0 bridgehead atoms. The van der Waals surface area contributed by atoms with Crippen LogP contribution in [0.4, 0.5) is 13.2 Å². The Labute approximate surface area is 108 Å². The molecule has 0 saturated carbocycles. The van der Waals surface area contributed by atoms with Gasteiger partial charge in [-0.3, -0.25) is 0 Å². The van der Waals surface area contributed by atoms with E-state index in [1.54, 1.807) is 0 Å². The second-order valence-corrected chi connectivity index (χ2v) is 4.27. The minimum Gasteiger partial charge on any atom is -0.346 e. The number of nitrogens with zero attached hydrogens (tertiary/aromatic N) is 1. The van der Waals surface area contributed by atoms with E-state index in [-0.39, 0.29) is 0 Å². The van der Waals surface area contributed by atoms with Gasteiger partial charge in [0.25, 0.3) is 0 Å². The van der Waals surface area contributed by atoms with Gasteiger partial charge in [0.1, 0.15) is 5.82 Å². The second-order valence-electron chi connectivity index (χ2n) is 4.27. The lowest BCUT2D eigenvalue weighted by Gasteiger charge is -2.06. The summed E-state index contributed by atoms with van der Waals surface area (Å²) in [5, 5.41) is 0. The van der Waals surface area contributed by atoms with Crippen LogP contribution in [0.5, 0.6) is 0 Å². The Hall–Kier alpha value is -1.82. The Bertz CT molecular complexity index is 556. The number of H-pyrrole nitrogens is 1. The first-order chi connectivity index (χ1) is 8.91. The van der Waals surface area contributed by atoms with Crippen LogP contribution in [0.3, 0.4) is 0 Å². The topological polar surface area (TPSA) is 54.7 Å². The molecule has 2 rings (SSSR count). The first-order valence-corrected chi connectivity index (χ1v) is 5.85. The monoisotopic (exact) mass is 269 g/mol. The van der Waals surface area contributed by atoms with Gasteiger partial charge in [-0.25, -0.2) is 4.98 Å². The van der Waals surface area contributed by atoms with Crippen molar-refractivity contribution in [3.05, 3.63) is 41.3 Å². The van der Waals surface area contributed by atoms with Gasteiger partial charge in [-0.1, -0.05) is 12.1 Å². The number of hydrogen-bond acceptors (Lipinski definition) is 2. The number of imidazole rings is 1. The van der Waals surface area contributed by atoms with Crippen LogP contribution in [0.25, 0.3) is 11.3 Å². The third-order valence-corrected chi connectivity index (χ3v) is 2.80. The van der Waals surface area contributed by atoms with Crippen molar-refractivity contribution in [2.45, 2.75) is 19.5 Å². The summed E-state index contributed by atoms with van der Waals surface area (Å²) in [5.41, 5.74) is 6.92. The number of halogens is 3. The van der Waals surface area contributed by atoms with Crippen molar-refractivity contribution >= 4 is 0 Å². The predicted molar refractivity (Wildman–Crippen MR) is 66.5 cm³/mol. The molecule has 1 aromatic carbocycles. The Morgan fingerprint density at radius 3 is 2.37 bits per heavy atom. The summed E-state index contributed by atoms with van der Waals surface area (Å²) in [6, 6.07) is 4.98. The zero-order valence-corrected chi connectivity index (χ0v) is 10.4. The van der Waals surface area contributed by atoms with Crippen molar-refractivity contribution in [2.75, 3.05) is 6.54 Å². The molecule has 3 N–H and O–H groups in total. The quantitative estimate of drug-likeness (QED) is 0.900. The third-order valence-electron chi connectivity index (χ3n) is 2.80. The van der Waals surface area contributed by atoms with Gasteiger partial charge in [-0.2, -0.15) is 13.2 Å². The predicted octanol–water partition coefficient (Wildman–Crippen LogP) is 2.91.